The number of likely N-dealkylation sites (N-methyl/N-ethyl adjacent to an activating group) is 1. The van der Waals surface area contributed by atoms with Crippen molar-refractivity contribution in [3.63, 3.8) is 0 Å². The fourth-order valence-corrected chi connectivity index (χ4v) is 7.08. The number of carbonyl (C=O) groups is 1. The summed E-state index contributed by atoms with van der Waals surface area (Å²) in [4.78, 5) is 43.2. The number of halogens is 3. The van der Waals surface area contributed by atoms with Crippen LogP contribution in [0.2, 0.25) is 0 Å². The molecule has 0 radical (unpaired) electrons. The van der Waals surface area contributed by atoms with Crippen LogP contribution in [0.1, 0.15) is 5.56 Å². The first-order valence-corrected chi connectivity index (χ1v) is 16.6. The summed E-state index contributed by atoms with van der Waals surface area (Å²) < 4.78 is 45.7. The smallest absolute Gasteiger partial charge is 0.367 e. The number of amides is 2. The number of para-hydroxylation sites is 1. The van der Waals surface area contributed by atoms with E-state index in [-0.39, 0.29) is 30.5 Å². The molecule has 2 aliphatic rings. The van der Waals surface area contributed by atoms with Crippen LogP contribution in [-0.4, -0.2) is 94.7 Å². The van der Waals surface area contributed by atoms with E-state index in [0.29, 0.717) is 48.0 Å². The van der Waals surface area contributed by atoms with Crippen molar-refractivity contribution in [2.75, 3.05) is 64.3 Å². The Kier molecular flexibility index (Phi) is 7.90. The molecule has 0 N–H and O–H groups in total. The monoisotopic (exact) mass is 677 g/mol. The Labute approximate surface area is 285 Å². The highest BCUT2D eigenvalue weighted by Gasteiger charge is 2.37. The maximum atomic E-state index is 14.8. The number of aromatic nitrogens is 3. The van der Waals surface area contributed by atoms with Crippen LogP contribution >= 0.6 is 0 Å². The molecule has 12 heteroatoms. The number of pyridine rings is 3. The Hall–Kier alpha value is -5.49. The highest BCUT2D eigenvalue weighted by Crippen LogP contribution is 2.39. The van der Waals surface area contributed by atoms with Crippen LogP contribution in [0, 0.1) is 0 Å². The molecular formula is C38H34F3N7O2. The third-order valence-electron chi connectivity index (χ3n) is 9.85. The SMILES string of the molecule is CN1CCN(C(=O)N2CCN(c3ccc(-n4c(=O)ccc5cnc6ccc(-c7cnc8ccccc8c7)cc6c54)cc3C(F)(F)F)CC2)CC1. The van der Waals surface area contributed by atoms with Crippen molar-refractivity contribution in [1.82, 2.24) is 29.2 Å². The highest BCUT2D eigenvalue weighted by molar-refractivity contribution is 6.05. The summed E-state index contributed by atoms with van der Waals surface area (Å²) in [6.45, 7) is 4.02. The quantitative estimate of drug-likeness (QED) is 0.206. The van der Waals surface area contributed by atoms with Gasteiger partial charge in [-0.05, 0) is 61.1 Å². The van der Waals surface area contributed by atoms with Gasteiger partial charge in [0.15, 0.2) is 0 Å². The molecule has 9 nitrogen and oxygen atoms in total. The molecule has 2 fully saturated rings. The molecule has 0 aliphatic carbocycles. The second-order valence-electron chi connectivity index (χ2n) is 13.0. The van der Waals surface area contributed by atoms with Gasteiger partial charge < -0.3 is 19.6 Å². The fraction of sp³-hybridized carbons (Fsp3) is 0.263. The number of fused-ring (bicyclic) bond motifs is 4. The number of piperazine rings is 2. The van der Waals surface area contributed by atoms with E-state index in [2.05, 4.69) is 14.9 Å². The number of nitrogens with zero attached hydrogens (tertiary/aromatic N) is 7. The zero-order valence-corrected chi connectivity index (χ0v) is 27.4. The lowest BCUT2D eigenvalue weighted by Gasteiger charge is -2.41. The molecule has 3 aromatic heterocycles. The molecule has 0 spiro atoms. The van der Waals surface area contributed by atoms with Crippen LogP contribution in [0.5, 0.6) is 0 Å². The lowest BCUT2D eigenvalue weighted by molar-refractivity contribution is -0.137. The minimum absolute atomic E-state index is 0.0267. The average Bonchev–Trinajstić information content (AvgIpc) is 3.14. The number of urea groups is 1. The zero-order valence-electron chi connectivity index (χ0n) is 27.4. The predicted octanol–water partition coefficient (Wildman–Crippen LogP) is 6.26. The Balaban J connectivity index is 1.17. The molecule has 8 rings (SSSR count). The molecular weight excluding hydrogens is 643 g/mol. The van der Waals surface area contributed by atoms with Crippen molar-refractivity contribution < 1.29 is 18.0 Å². The first-order valence-electron chi connectivity index (χ1n) is 16.6. The molecule has 6 aromatic rings. The largest absolute Gasteiger partial charge is 0.418 e. The Morgan fingerprint density at radius 3 is 2.18 bits per heavy atom. The summed E-state index contributed by atoms with van der Waals surface area (Å²) in [6, 6.07) is 22.5. The van der Waals surface area contributed by atoms with Gasteiger partial charge in [0.2, 0.25) is 0 Å². The van der Waals surface area contributed by atoms with E-state index in [1.54, 1.807) is 34.3 Å². The van der Waals surface area contributed by atoms with Crippen LogP contribution in [0.15, 0.2) is 96.1 Å². The van der Waals surface area contributed by atoms with Gasteiger partial charge in [-0.1, -0.05) is 24.3 Å². The summed E-state index contributed by atoms with van der Waals surface area (Å²) in [5.41, 5.74) is 2.47. The summed E-state index contributed by atoms with van der Waals surface area (Å²) in [5, 5.41) is 2.22. The number of carbonyl (C=O) groups excluding carboxylic acids is 1. The number of rotatable bonds is 3. The van der Waals surface area contributed by atoms with E-state index >= 15 is 0 Å². The van der Waals surface area contributed by atoms with Crippen molar-refractivity contribution in [2.24, 2.45) is 0 Å². The maximum absolute atomic E-state index is 14.8. The van der Waals surface area contributed by atoms with Gasteiger partial charge in [-0.15, -0.1) is 0 Å². The normalized spacial score (nSPS) is 16.1. The van der Waals surface area contributed by atoms with Crippen LogP contribution in [-0.2, 0) is 6.18 Å². The fourth-order valence-electron chi connectivity index (χ4n) is 7.08. The topological polar surface area (TPSA) is 77.8 Å². The average molecular weight is 678 g/mol. The number of benzene rings is 3. The standard InChI is InChI=1S/C38H34F3N7O2/c1-44-12-14-46(15-13-44)37(50)47-18-16-45(17-19-47)34-10-8-29(22-31(34)38(39,40)41)48-35(49)11-7-27-23-43-33-9-6-25(21-30(33)36(27)48)28-20-26-4-2-3-5-32(26)42-24-28/h2-11,20-24H,12-19H2,1H3. The molecule has 0 bridgehead atoms. The van der Waals surface area contributed by atoms with E-state index < -0.39 is 17.3 Å². The highest BCUT2D eigenvalue weighted by atomic mass is 19.4. The Bertz CT molecular complexity index is 2320. The molecule has 3 aromatic carbocycles. The number of alkyl halides is 3. The van der Waals surface area contributed by atoms with Crippen molar-refractivity contribution in [1.29, 1.82) is 0 Å². The molecule has 2 saturated heterocycles. The second-order valence-corrected chi connectivity index (χ2v) is 13.0. The van der Waals surface area contributed by atoms with E-state index in [9.17, 15) is 22.8 Å². The van der Waals surface area contributed by atoms with Crippen LogP contribution < -0.4 is 10.5 Å². The Morgan fingerprint density at radius 1 is 0.700 bits per heavy atom. The number of anilines is 1. The molecule has 50 heavy (non-hydrogen) atoms. The van der Waals surface area contributed by atoms with Gasteiger partial charge in [-0.3, -0.25) is 19.3 Å². The van der Waals surface area contributed by atoms with Gasteiger partial charge in [0.1, 0.15) is 0 Å². The molecule has 0 saturated carbocycles. The number of hydrogen-bond donors (Lipinski definition) is 0. The van der Waals surface area contributed by atoms with Gasteiger partial charge in [-0.2, -0.15) is 13.2 Å². The molecule has 254 valence electrons. The van der Waals surface area contributed by atoms with Crippen molar-refractivity contribution in [2.45, 2.75) is 6.18 Å². The summed E-state index contributed by atoms with van der Waals surface area (Å²) in [7, 11) is 2.02. The predicted molar refractivity (Wildman–Crippen MR) is 189 cm³/mol. The van der Waals surface area contributed by atoms with E-state index in [4.69, 9.17) is 0 Å². The summed E-state index contributed by atoms with van der Waals surface area (Å²) in [6.07, 6.45) is -1.27. The lowest BCUT2D eigenvalue weighted by Crippen LogP contribution is -2.56. The first kappa shape index (κ1) is 31.8. The van der Waals surface area contributed by atoms with Crippen molar-refractivity contribution in [3.05, 3.63) is 107 Å². The van der Waals surface area contributed by atoms with Gasteiger partial charge >= 0.3 is 12.2 Å². The number of hydrogen-bond acceptors (Lipinski definition) is 6. The third-order valence-corrected chi connectivity index (χ3v) is 9.85. The molecule has 0 atom stereocenters. The van der Waals surface area contributed by atoms with Crippen LogP contribution in [0.25, 0.3) is 49.5 Å². The Morgan fingerprint density at radius 2 is 1.42 bits per heavy atom. The van der Waals surface area contributed by atoms with E-state index in [0.717, 1.165) is 41.2 Å². The van der Waals surface area contributed by atoms with Gasteiger partial charge in [0.25, 0.3) is 5.56 Å². The lowest BCUT2D eigenvalue weighted by atomic mass is 10.0. The van der Waals surface area contributed by atoms with Gasteiger partial charge in [0, 0.05) is 98.2 Å². The van der Waals surface area contributed by atoms with E-state index in [1.165, 1.54) is 16.7 Å². The maximum Gasteiger partial charge on any atom is 0.418 e. The molecule has 2 aliphatic heterocycles. The van der Waals surface area contributed by atoms with Gasteiger partial charge in [0.05, 0.1) is 27.8 Å². The van der Waals surface area contributed by atoms with Crippen LogP contribution in [0.3, 0.4) is 0 Å². The summed E-state index contributed by atoms with van der Waals surface area (Å²) >= 11 is 0. The van der Waals surface area contributed by atoms with Crippen molar-refractivity contribution >= 4 is 44.4 Å². The minimum atomic E-state index is -4.69. The second kappa shape index (κ2) is 12.4. The summed E-state index contributed by atoms with van der Waals surface area (Å²) in [5.74, 6) is 0. The zero-order chi connectivity index (χ0) is 34.6. The van der Waals surface area contributed by atoms with E-state index in [1.807, 2.05) is 60.5 Å². The molecule has 5 heterocycles. The molecule has 2 amide bonds. The van der Waals surface area contributed by atoms with Crippen molar-refractivity contribution in [3.8, 4) is 16.8 Å². The molecule has 0 unspecified atom stereocenters. The first-order chi connectivity index (χ1) is 24.1. The van der Waals surface area contributed by atoms with Gasteiger partial charge in [-0.25, -0.2) is 4.79 Å². The van der Waals surface area contributed by atoms with Crippen LogP contribution in [0.4, 0.5) is 23.7 Å². The minimum Gasteiger partial charge on any atom is -0.367 e. The third kappa shape index (κ3) is 5.79.